The van der Waals surface area contributed by atoms with Crippen LogP contribution in [0.5, 0.6) is 17.2 Å². The summed E-state index contributed by atoms with van der Waals surface area (Å²) < 4.78 is 21.4. The Kier molecular flexibility index (Phi) is 6.08. The number of anilines is 1. The van der Waals surface area contributed by atoms with Gasteiger partial charge in [0.15, 0.2) is 17.3 Å². The van der Waals surface area contributed by atoms with Crippen molar-refractivity contribution in [1.29, 1.82) is 0 Å². The van der Waals surface area contributed by atoms with Crippen molar-refractivity contribution < 1.29 is 23.5 Å². The number of benzene rings is 3. The molecule has 174 valence electrons. The lowest BCUT2D eigenvalue weighted by atomic mass is 9.97. The standard InChI is InChI=1S/C27H26N2O5/c1-17-11-27(29-34-17)28-24(21-7-10-25-26(14-21)33-16-32-25)15-22(30)8-4-18-3-5-20-13-23(31-2)9-6-19(20)12-18/h3,5-7,9-14,24H,4,8,15-16H2,1-2H3,(H,28,29). The SMILES string of the molecule is COc1ccc2cc(CCC(=O)CC(Nc3cc(C)on3)c3ccc4c(c3)OCO4)ccc2c1. The van der Waals surface area contributed by atoms with Crippen LogP contribution >= 0.6 is 0 Å². The number of hydrogen-bond donors (Lipinski definition) is 1. The van der Waals surface area contributed by atoms with E-state index >= 15 is 0 Å². The molecule has 1 N–H and O–H groups in total. The summed E-state index contributed by atoms with van der Waals surface area (Å²) in [5.41, 5.74) is 2.06. The van der Waals surface area contributed by atoms with Crippen LogP contribution in [0.1, 0.15) is 35.8 Å². The van der Waals surface area contributed by atoms with E-state index in [-0.39, 0.29) is 18.6 Å². The van der Waals surface area contributed by atoms with Gasteiger partial charge in [-0.05, 0) is 59.5 Å². The summed E-state index contributed by atoms with van der Waals surface area (Å²) in [5, 5.41) is 9.62. The van der Waals surface area contributed by atoms with Crippen LogP contribution in [-0.2, 0) is 11.2 Å². The van der Waals surface area contributed by atoms with Gasteiger partial charge in [-0.25, -0.2) is 0 Å². The molecule has 5 rings (SSSR count). The maximum absolute atomic E-state index is 13.0. The highest BCUT2D eigenvalue weighted by molar-refractivity contribution is 5.85. The van der Waals surface area contributed by atoms with Gasteiger partial charge in [0.25, 0.3) is 0 Å². The van der Waals surface area contributed by atoms with Crippen LogP contribution in [0.2, 0.25) is 0 Å². The number of fused-ring (bicyclic) bond motifs is 2. The van der Waals surface area contributed by atoms with Crippen LogP contribution in [0.15, 0.2) is 65.2 Å². The Hall–Kier alpha value is -4.00. The van der Waals surface area contributed by atoms with Gasteiger partial charge in [-0.1, -0.05) is 35.5 Å². The number of aromatic nitrogens is 1. The fourth-order valence-electron chi connectivity index (χ4n) is 4.16. The summed E-state index contributed by atoms with van der Waals surface area (Å²) in [6.07, 6.45) is 1.44. The lowest BCUT2D eigenvalue weighted by Crippen LogP contribution is -2.16. The monoisotopic (exact) mass is 458 g/mol. The van der Waals surface area contributed by atoms with Crippen LogP contribution < -0.4 is 19.5 Å². The molecule has 3 aromatic carbocycles. The minimum absolute atomic E-state index is 0.158. The molecule has 0 saturated heterocycles. The van der Waals surface area contributed by atoms with E-state index in [1.165, 1.54) is 0 Å². The molecule has 34 heavy (non-hydrogen) atoms. The smallest absolute Gasteiger partial charge is 0.231 e. The zero-order valence-corrected chi connectivity index (χ0v) is 19.2. The van der Waals surface area contributed by atoms with Gasteiger partial charge >= 0.3 is 0 Å². The zero-order chi connectivity index (χ0) is 23.5. The number of aryl methyl sites for hydroxylation is 2. The lowest BCUT2D eigenvalue weighted by Gasteiger charge is -2.18. The third-order valence-corrected chi connectivity index (χ3v) is 5.99. The first-order valence-corrected chi connectivity index (χ1v) is 11.3. The zero-order valence-electron chi connectivity index (χ0n) is 19.2. The Morgan fingerprint density at radius 3 is 2.68 bits per heavy atom. The molecule has 4 aromatic rings. The first-order valence-electron chi connectivity index (χ1n) is 11.3. The van der Waals surface area contributed by atoms with Crippen LogP contribution in [0.4, 0.5) is 5.82 Å². The minimum Gasteiger partial charge on any atom is -0.497 e. The lowest BCUT2D eigenvalue weighted by molar-refractivity contribution is -0.119. The molecule has 0 amide bonds. The van der Waals surface area contributed by atoms with Crippen molar-refractivity contribution in [3.8, 4) is 17.2 Å². The minimum atomic E-state index is -0.268. The van der Waals surface area contributed by atoms with Gasteiger partial charge in [-0.15, -0.1) is 0 Å². The number of carbonyl (C=O) groups is 1. The quantitative estimate of drug-likeness (QED) is 0.349. The van der Waals surface area contributed by atoms with E-state index in [4.69, 9.17) is 18.7 Å². The highest BCUT2D eigenvalue weighted by Gasteiger charge is 2.21. The largest absolute Gasteiger partial charge is 0.497 e. The van der Waals surface area contributed by atoms with Crippen molar-refractivity contribution in [2.24, 2.45) is 0 Å². The van der Waals surface area contributed by atoms with Gasteiger partial charge in [-0.2, -0.15) is 0 Å². The first-order chi connectivity index (χ1) is 16.6. The molecule has 0 saturated carbocycles. The Balaban J connectivity index is 1.28. The van der Waals surface area contributed by atoms with Crippen molar-refractivity contribution in [2.45, 2.75) is 32.2 Å². The number of methoxy groups -OCH3 is 1. The Bertz CT molecular complexity index is 1330. The van der Waals surface area contributed by atoms with Gasteiger partial charge in [0, 0.05) is 18.9 Å². The van der Waals surface area contributed by atoms with E-state index in [2.05, 4.69) is 28.7 Å². The van der Waals surface area contributed by atoms with Crippen molar-refractivity contribution in [3.05, 3.63) is 77.6 Å². The summed E-state index contributed by atoms with van der Waals surface area (Å²) in [4.78, 5) is 13.0. The van der Waals surface area contributed by atoms with Crippen LogP contribution in [0.25, 0.3) is 10.8 Å². The summed E-state index contributed by atoms with van der Waals surface area (Å²) in [5.74, 6) is 3.68. The second-order valence-electron chi connectivity index (χ2n) is 8.42. The average Bonchev–Trinajstić information content (AvgIpc) is 3.49. The number of rotatable bonds is 9. The van der Waals surface area contributed by atoms with Gasteiger partial charge < -0.3 is 24.1 Å². The summed E-state index contributed by atoms with van der Waals surface area (Å²) in [6.45, 7) is 2.04. The average molecular weight is 459 g/mol. The molecule has 7 nitrogen and oxygen atoms in total. The molecule has 1 atom stereocenters. The third-order valence-electron chi connectivity index (χ3n) is 5.99. The number of ketones is 1. The molecule has 2 heterocycles. The molecule has 0 spiro atoms. The molecule has 0 fully saturated rings. The molecule has 0 aliphatic carbocycles. The van der Waals surface area contributed by atoms with Crippen molar-refractivity contribution in [1.82, 2.24) is 5.16 Å². The van der Waals surface area contributed by atoms with E-state index < -0.39 is 0 Å². The molecule has 7 heteroatoms. The number of ether oxygens (including phenoxy) is 3. The van der Waals surface area contributed by atoms with E-state index in [1.807, 2.05) is 49.4 Å². The Morgan fingerprint density at radius 1 is 1.03 bits per heavy atom. The predicted molar refractivity (Wildman–Crippen MR) is 129 cm³/mol. The van der Waals surface area contributed by atoms with Crippen LogP contribution in [-0.4, -0.2) is 24.8 Å². The van der Waals surface area contributed by atoms with Crippen molar-refractivity contribution >= 4 is 22.4 Å². The number of nitrogens with zero attached hydrogens (tertiary/aromatic N) is 1. The van der Waals surface area contributed by atoms with Crippen molar-refractivity contribution in [2.75, 3.05) is 19.2 Å². The van der Waals surface area contributed by atoms with Crippen LogP contribution in [0.3, 0.4) is 0 Å². The number of Topliss-reactive ketones (excluding diaryl/α,β-unsaturated/α-hetero) is 1. The predicted octanol–water partition coefficient (Wildman–Crippen LogP) is 5.62. The normalized spacial score (nSPS) is 13.1. The van der Waals surface area contributed by atoms with E-state index in [0.29, 0.717) is 42.3 Å². The number of carbonyl (C=O) groups excluding carboxylic acids is 1. The van der Waals surface area contributed by atoms with E-state index in [9.17, 15) is 4.79 Å². The summed E-state index contributed by atoms with van der Waals surface area (Å²) >= 11 is 0. The molecular weight excluding hydrogens is 432 g/mol. The van der Waals surface area contributed by atoms with Gasteiger partial charge in [-0.3, -0.25) is 4.79 Å². The second-order valence-corrected chi connectivity index (χ2v) is 8.42. The molecular formula is C27H26N2O5. The number of hydrogen-bond acceptors (Lipinski definition) is 7. The Labute approximate surface area is 197 Å². The second kappa shape index (κ2) is 9.47. The maximum Gasteiger partial charge on any atom is 0.231 e. The molecule has 0 bridgehead atoms. The summed E-state index contributed by atoms with van der Waals surface area (Å²) in [6, 6.07) is 19.6. The molecule has 1 aliphatic heterocycles. The first kappa shape index (κ1) is 21.8. The van der Waals surface area contributed by atoms with Crippen LogP contribution in [0, 0.1) is 6.92 Å². The Morgan fingerprint density at radius 2 is 1.85 bits per heavy atom. The number of nitrogens with one attached hydrogen (secondary N) is 1. The van der Waals surface area contributed by atoms with Crippen molar-refractivity contribution in [3.63, 3.8) is 0 Å². The fraction of sp³-hybridized carbons (Fsp3) is 0.259. The highest BCUT2D eigenvalue weighted by Crippen LogP contribution is 2.36. The molecule has 1 unspecified atom stereocenters. The van der Waals surface area contributed by atoms with Gasteiger partial charge in [0.05, 0.1) is 13.2 Å². The summed E-state index contributed by atoms with van der Waals surface area (Å²) in [7, 11) is 1.66. The van der Waals surface area contributed by atoms with E-state index in [0.717, 1.165) is 27.6 Å². The topological polar surface area (TPSA) is 82.8 Å². The molecule has 1 aromatic heterocycles. The van der Waals surface area contributed by atoms with Gasteiger partial charge in [0.2, 0.25) is 6.79 Å². The molecule has 1 aliphatic rings. The third kappa shape index (κ3) is 4.83. The maximum atomic E-state index is 13.0. The molecule has 0 radical (unpaired) electrons. The fourth-order valence-corrected chi connectivity index (χ4v) is 4.16. The van der Waals surface area contributed by atoms with E-state index in [1.54, 1.807) is 7.11 Å². The van der Waals surface area contributed by atoms with Gasteiger partial charge in [0.1, 0.15) is 17.3 Å². The highest BCUT2D eigenvalue weighted by atomic mass is 16.7.